The molecule has 18 heavy (non-hydrogen) atoms. The number of hydrogen-bond donors (Lipinski definition) is 1. The molecule has 0 aromatic heterocycles. The first kappa shape index (κ1) is 13.9. The Hall–Kier alpha value is -0.570. The van der Waals surface area contributed by atoms with Crippen molar-refractivity contribution in [2.45, 2.75) is 57.3 Å². The molecule has 2 nitrogen and oxygen atoms in total. The number of halogens is 1. The highest BCUT2D eigenvalue weighted by Gasteiger charge is 2.25. The van der Waals surface area contributed by atoms with Gasteiger partial charge in [0.15, 0.2) is 0 Å². The van der Waals surface area contributed by atoms with E-state index in [1.807, 2.05) is 24.3 Å². The summed E-state index contributed by atoms with van der Waals surface area (Å²) in [6, 6.07) is 7.91. The largest absolute Gasteiger partial charge is 0.369 e. The Kier molecular flexibility index (Phi) is 5.04. The van der Waals surface area contributed by atoms with Gasteiger partial charge in [0.05, 0.1) is 12.2 Å². The maximum Gasteiger partial charge on any atom is 0.0979 e. The molecule has 0 heterocycles. The summed E-state index contributed by atoms with van der Waals surface area (Å²) in [5.41, 5.74) is 7.35. The smallest absolute Gasteiger partial charge is 0.0979 e. The third kappa shape index (κ3) is 3.47. The average molecular weight is 268 g/mol. The van der Waals surface area contributed by atoms with Gasteiger partial charge in [0.2, 0.25) is 0 Å². The second-order valence-electron chi connectivity index (χ2n) is 5.09. The SMILES string of the molecule is CCC(N)C(OC1CCCC1)c1ccc(Cl)cc1. The van der Waals surface area contributed by atoms with Crippen molar-refractivity contribution in [1.29, 1.82) is 0 Å². The molecule has 2 N–H and O–H groups in total. The molecule has 0 bridgehead atoms. The molecule has 0 spiro atoms. The summed E-state index contributed by atoms with van der Waals surface area (Å²) in [6.45, 7) is 2.10. The Morgan fingerprint density at radius 1 is 1.28 bits per heavy atom. The van der Waals surface area contributed by atoms with Gasteiger partial charge in [-0.05, 0) is 37.0 Å². The predicted molar refractivity (Wildman–Crippen MR) is 75.8 cm³/mol. The molecule has 0 saturated heterocycles. The summed E-state index contributed by atoms with van der Waals surface area (Å²) in [7, 11) is 0. The van der Waals surface area contributed by atoms with Crippen molar-refractivity contribution in [2.75, 3.05) is 0 Å². The Bertz CT molecular complexity index is 359. The normalized spacial score (nSPS) is 19.9. The Balaban J connectivity index is 2.10. The van der Waals surface area contributed by atoms with Crippen LogP contribution in [0, 0.1) is 0 Å². The minimum atomic E-state index is -0.00429. The van der Waals surface area contributed by atoms with Crippen molar-refractivity contribution < 1.29 is 4.74 Å². The molecule has 0 aliphatic heterocycles. The van der Waals surface area contributed by atoms with Crippen LogP contribution in [0.3, 0.4) is 0 Å². The van der Waals surface area contributed by atoms with Gasteiger partial charge in [-0.2, -0.15) is 0 Å². The standard InChI is InChI=1S/C15H22ClNO/c1-2-14(17)15(18-13-5-3-4-6-13)11-7-9-12(16)10-8-11/h7-10,13-15H,2-6,17H2,1H3. The van der Waals surface area contributed by atoms with E-state index in [9.17, 15) is 0 Å². The van der Waals surface area contributed by atoms with Gasteiger partial charge in [-0.1, -0.05) is 43.5 Å². The number of hydrogen-bond acceptors (Lipinski definition) is 2. The monoisotopic (exact) mass is 267 g/mol. The van der Waals surface area contributed by atoms with Crippen LogP contribution >= 0.6 is 11.6 Å². The highest BCUT2D eigenvalue weighted by atomic mass is 35.5. The highest BCUT2D eigenvalue weighted by Crippen LogP contribution is 2.30. The van der Waals surface area contributed by atoms with E-state index in [1.54, 1.807) is 0 Å². The third-order valence-corrected chi connectivity index (χ3v) is 3.95. The second-order valence-corrected chi connectivity index (χ2v) is 5.52. The van der Waals surface area contributed by atoms with E-state index in [0.717, 1.165) is 17.0 Å². The molecule has 0 radical (unpaired) electrons. The molecule has 2 rings (SSSR count). The quantitative estimate of drug-likeness (QED) is 0.873. The van der Waals surface area contributed by atoms with Crippen LogP contribution in [0.1, 0.15) is 50.7 Å². The van der Waals surface area contributed by atoms with E-state index in [4.69, 9.17) is 22.1 Å². The van der Waals surface area contributed by atoms with Crippen LogP contribution in [-0.4, -0.2) is 12.1 Å². The summed E-state index contributed by atoms with van der Waals surface area (Å²) >= 11 is 5.93. The molecule has 1 saturated carbocycles. The van der Waals surface area contributed by atoms with Gasteiger partial charge < -0.3 is 10.5 Å². The predicted octanol–water partition coefficient (Wildman–Crippen LogP) is 4.08. The topological polar surface area (TPSA) is 35.2 Å². The summed E-state index contributed by atoms with van der Waals surface area (Å²) in [6.07, 6.45) is 6.18. The summed E-state index contributed by atoms with van der Waals surface area (Å²) in [5.74, 6) is 0. The zero-order valence-corrected chi connectivity index (χ0v) is 11.7. The second kappa shape index (κ2) is 6.55. The van der Waals surface area contributed by atoms with E-state index < -0.39 is 0 Å². The fraction of sp³-hybridized carbons (Fsp3) is 0.600. The molecular weight excluding hydrogens is 246 g/mol. The van der Waals surface area contributed by atoms with Gasteiger partial charge in [0.1, 0.15) is 0 Å². The summed E-state index contributed by atoms with van der Waals surface area (Å²) in [5, 5.41) is 0.753. The number of nitrogens with two attached hydrogens (primary N) is 1. The Morgan fingerprint density at radius 3 is 2.44 bits per heavy atom. The minimum absolute atomic E-state index is 0.00429. The van der Waals surface area contributed by atoms with Crippen LogP contribution in [0.5, 0.6) is 0 Å². The number of benzene rings is 1. The van der Waals surface area contributed by atoms with Crippen molar-refractivity contribution in [3.05, 3.63) is 34.9 Å². The first-order valence-corrected chi connectivity index (χ1v) is 7.25. The van der Waals surface area contributed by atoms with Crippen molar-refractivity contribution >= 4 is 11.6 Å². The molecule has 1 aromatic rings. The van der Waals surface area contributed by atoms with E-state index in [1.165, 1.54) is 25.7 Å². The van der Waals surface area contributed by atoms with Crippen molar-refractivity contribution in [1.82, 2.24) is 0 Å². The van der Waals surface area contributed by atoms with Gasteiger partial charge in [-0.15, -0.1) is 0 Å². The maximum absolute atomic E-state index is 6.22. The lowest BCUT2D eigenvalue weighted by molar-refractivity contribution is -0.0237. The van der Waals surface area contributed by atoms with E-state index in [0.29, 0.717) is 6.10 Å². The Morgan fingerprint density at radius 2 is 1.89 bits per heavy atom. The fourth-order valence-corrected chi connectivity index (χ4v) is 2.65. The van der Waals surface area contributed by atoms with Gasteiger partial charge >= 0.3 is 0 Å². The molecule has 3 heteroatoms. The highest BCUT2D eigenvalue weighted by molar-refractivity contribution is 6.30. The van der Waals surface area contributed by atoms with Crippen LogP contribution in [0.25, 0.3) is 0 Å². The van der Waals surface area contributed by atoms with Gasteiger partial charge in [-0.25, -0.2) is 0 Å². The van der Waals surface area contributed by atoms with E-state index in [-0.39, 0.29) is 12.1 Å². The number of ether oxygens (including phenoxy) is 1. The molecule has 2 unspecified atom stereocenters. The first-order chi connectivity index (χ1) is 8.70. The molecule has 1 aliphatic carbocycles. The molecule has 2 atom stereocenters. The minimum Gasteiger partial charge on any atom is -0.369 e. The van der Waals surface area contributed by atoms with Crippen molar-refractivity contribution in [3.8, 4) is 0 Å². The lowest BCUT2D eigenvalue weighted by Crippen LogP contribution is -2.31. The zero-order chi connectivity index (χ0) is 13.0. The van der Waals surface area contributed by atoms with Gasteiger partial charge in [-0.3, -0.25) is 0 Å². The van der Waals surface area contributed by atoms with Gasteiger partial charge in [0, 0.05) is 11.1 Å². The summed E-state index contributed by atoms with van der Waals surface area (Å²) < 4.78 is 6.22. The van der Waals surface area contributed by atoms with E-state index in [2.05, 4.69) is 6.92 Å². The molecule has 100 valence electrons. The molecule has 1 aliphatic rings. The molecule has 0 amide bonds. The summed E-state index contributed by atoms with van der Waals surface area (Å²) in [4.78, 5) is 0. The zero-order valence-electron chi connectivity index (χ0n) is 10.9. The van der Waals surface area contributed by atoms with E-state index >= 15 is 0 Å². The molecule has 1 aromatic carbocycles. The average Bonchev–Trinajstić information content (AvgIpc) is 2.89. The van der Waals surface area contributed by atoms with Crippen molar-refractivity contribution in [3.63, 3.8) is 0 Å². The van der Waals surface area contributed by atoms with Crippen LogP contribution in [0.15, 0.2) is 24.3 Å². The molecular formula is C15H22ClNO. The maximum atomic E-state index is 6.22. The number of rotatable bonds is 5. The Labute approximate surface area is 114 Å². The lowest BCUT2D eigenvalue weighted by atomic mass is 10.0. The van der Waals surface area contributed by atoms with Crippen molar-refractivity contribution in [2.24, 2.45) is 5.73 Å². The van der Waals surface area contributed by atoms with Crippen LogP contribution in [0.4, 0.5) is 0 Å². The van der Waals surface area contributed by atoms with Crippen LogP contribution in [0.2, 0.25) is 5.02 Å². The first-order valence-electron chi connectivity index (χ1n) is 6.87. The van der Waals surface area contributed by atoms with Crippen LogP contribution in [-0.2, 0) is 4.74 Å². The van der Waals surface area contributed by atoms with Gasteiger partial charge in [0.25, 0.3) is 0 Å². The third-order valence-electron chi connectivity index (χ3n) is 3.70. The van der Waals surface area contributed by atoms with Crippen LogP contribution < -0.4 is 5.73 Å². The molecule has 1 fully saturated rings. The fourth-order valence-electron chi connectivity index (χ4n) is 2.52. The lowest BCUT2D eigenvalue weighted by Gasteiger charge is -2.27.